The van der Waals surface area contributed by atoms with Gasteiger partial charge in [-0.25, -0.2) is 9.59 Å². The molecule has 2 heterocycles. The number of fused-ring (bicyclic) bond motifs is 1. The van der Waals surface area contributed by atoms with Crippen LogP contribution in [0.5, 0.6) is 0 Å². The number of carboxylic acid groups (broad SMARTS) is 1. The molecule has 6 nitrogen and oxygen atoms in total. The molecule has 0 spiro atoms. The highest BCUT2D eigenvalue weighted by Gasteiger charge is 2.25. The van der Waals surface area contributed by atoms with Crippen molar-refractivity contribution in [3.63, 3.8) is 0 Å². The second-order valence-corrected chi connectivity index (χ2v) is 6.48. The van der Waals surface area contributed by atoms with Gasteiger partial charge in [0.2, 0.25) is 0 Å². The molecule has 2 N–H and O–H groups in total. The summed E-state index contributed by atoms with van der Waals surface area (Å²) in [6.07, 6.45) is -0.173. The number of aromatic carboxylic acids is 1. The molecule has 0 radical (unpaired) electrons. The molecular weight excluding hydrogens is 330 g/mol. The number of hydrogen-bond donors (Lipinski definition) is 2. The van der Waals surface area contributed by atoms with E-state index in [1.54, 1.807) is 6.07 Å². The van der Waals surface area contributed by atoms with Crippen LogP contribution in [0, 0.1) is 0 Å². The topological polar surface area (TPSA) is 84.9 Å². The molecule has 1 amide bonds. The minimum Gasteiger partial charge on any atom is -0.477 e. The van der Waals surface area contributed by atoms with E-state index in [4.69, 9.17) is 14.6 Å². The molecule has 7 heteroatoms. The van der Waals surface area contributed by atoms with Crippen LogP contribution < -0.4 is 5.32 Å². The number of carbonyl (C=O) groups excluding carboxylic acids is 1. The van der Waals surface area contributed by atoms with Crippen LogP contribution in [0.25, 0.3) is 0 Å². The van der Waals surface area contributed by atoms with Crippen LogP contribution in [0.1, 0.15) is 31.8 Å². The fourth-order valence-corrected chi connectivity index (χ4v) is 3.55. The zero-order valence-corrected chi connectivity index (χ0v) is 13.7. The average molecular weight is 347 g/mol. The Kier molecular flexibility index (Phi) is 5.12. The normalized spacial score (nSPS) is 16.2. The molecule has 0 bridgehead atoms. The number of hydrogen-bond acceptors (Lipinski definition) is 5. The summed E-state index contributed by atoms with van der Waals surface area (Å²) in [6, 6.07) is 11.0. The van der Waals surface area contributed by atoms with E-state index < -0.39 is 12.1 Å². The van der Waals surface area contributed by atoms with E-state index >= 15 is 0 Å². The van der Waals surface area contributed by atoms with Crippen molar-refractivity contribution in [2.75, 3.05) is 13.2 Å². The molecule has 0 aliphatic carbocycles. The summed E-state index contributed by atoms with van der Waals surface area (Å²) in [6.45, 7) is 0.958. The van der Waals surface area contributed by atoms with E-state index in [0.29, 0.717) is 17.9 Å². The smallest absolute Gasteiger partial charge is 0.407 e. The lowest BCUT2D eigenvalue weighted by atomic mass is 10.1. The average Bonchev–Trinajstić information content (AvgIpc) is 3.04. The highest BCUT2D eigenvalue weighted by atomic mass is 32.1. The van der Waals surface area contributed by atoms with E-state index in [0.717, 1.165) is 16.0 Å². The van der Waals surface area contributed by atoms with Crippen molar-refractivity contribution in [1.82, 2.24) is 5.32 Å². The van der Waals surface area contributed by atoms with E-state index in [1.165, 1.54) is 11.3 Å². The molecule has 24 heavy (non-hydrogen) atoms. The van der Waals surface area contributed by atoms with Crippen molar-refractivity contribution in [3.05, 3.63) is 57.3 Å². The quantitative estimate of drug-likeness (QED) is 0.868. The van der Waals surface area contributed by atoms with Gasteiger partial charge in [-0.15, -0.1) is 11.3 Å². The Morgan fingerprint density at radius 2 is 2.12 bits per heavy atom. The highest BCUT2D eigenvalue weighted by molar-refractivity contribution is 7.14. The number of carbonyl (C=O) groups is 2. The molecule has 1 aromatic carbocycles. The van der Waals surface area contributed by atoms with E-state index in [-0.39, 0.29) is 19.3 Å². The van der Waals surface area contributed by atoms with Gasteiger partial charge in [-0.05, 0) is 17.2 Å². The number of rotatable bonds is 5. The predicted molar refractivity (Wildman–Crippen MR) is 88.3 cm³/mol. The van der Waals surface area contributed by atoms with Gasteiger partial charge in [-0.1, -0.05) is 30.3 Å². The van der Waals surface area contributed by atoms with Crippen LogP contribution in [-0.2, 0) is 22.5 Å². The molecule has 2 aromatic rings. The standard InChI is InChI=1S/C17H17NO5S/c19-16(20)15-8-12-13(22-7-6-14(12)24-15)9-18-17(21)23-10-11-4-2-1-3-5-11/h1-5,8,13H,6-7,9-10H2,(H,18,21)(H,19,20). The second-order valence-electron chi connectivity index (χ2n) is 5.35. The minimum atomic E-state index is -0.941. The second kappa shape index (κ2) is 7.46. The van der Waals surface area contributed by atoms with Gasteiger partial charge in [0.15, 0.2) is 0 Å². The number of alkyl carbamates (subject to hydrolysis) is 1. The highest BCUT2D eigenvalue weighted by Crippen LogP contribution is 2.33. The van der Waals surface area contributed by atoms with Crippen LogP contribution >= 0.6 is 11.3 Å². The van der Waals surface area contributed by atoms with Crippen LogP contribution in [-0.4, -0.2) is 30.3 Å². The van der Waals surface area contributed by atoms with Gasteiger partial charge in [0.25, 0.3) is 0 Å². The Bertz CT molecular complexity index is 728. The molecule has 1 aliphatic rings. The zero-order chi connectivity index (χ0) is 16.9. The summed E-state index contributed by atoms with van der Waals surface area (Å²) in [5.41, 5.74) is 1.75. The Labute approximate surface area is 143 Å². The van der Waals surface area contributed by atoms with Crippen molar-refractivity contribution in [3.8, 4) is 0 Å². The Morgan fingerprint density at radius 1 is 1.33 bits per heavy atom. The maximum atomic E-state index is 11.8. The number of carboxylic acids is 1. The number of benzene rings is 1. The fraction of sp³-hybridized carbons (Fsp3) is 0.294. The molecule has 126 valence electrons. The van der Waals surface area contributed by atoms with Crippen molar-refractivity contribution in [2.45, 2.75) is 19.1 Å². The molecule has 0 saturated carbocycles. The van der Waals surface area contributed by atoms with Crippen molar-refractivity contribution >= 4 is 23.4 Å². The maximum Gasteiger partial charge on any atom is 0.407 e. The van der Waals surface area contributed by atoms with Crippen LogP contribution in [0.15, 0.2) is 36.4 Å². The monoisotopic (exact) mass is 347 g/mol. The van der Waals surface area contributed by atoms with Gasteiger partial charge in [-0.3, -0.25) is 0 Å². The van der Waals surface area contributed by atoms with Gasteiger partial charge >= 0.3 is 12.1 Å². The van der Waals surface area contributed by atoms with Gasteiger partial charge < -0.3 is 19.9 Å². The van der Waals surface area contributed by atoms with Crippen LogP contribution in [0.4, 0.5) is 4.79 Å². The molecule has 0 fully saturated rings. The van der Waals surface area contributed by atoms with Gasteiger partial charge in [0.1, 0.15) is 17.6 Å². The summed E-state index contributed by atoms with van der Waals surface area (Å²) in [5, 5.41) is 11.8. The summed E-state index contributed by atoms with van der Waals surface area (Å²) in [7, 11) is 0. The molecule has 0 saturated heterocycles. The summed E-state index contributed by atoms with van der Waals surface area (Å²) < 4.78 is 10.8. The van der Waals surface area contributed by atoms with Crippen molar-refractivity contribution < 1.29 is 24.2 Å². The lowest BCUT2D eigenvalue weighted by molar-refractivity contribution is 0.0419. The number of thiophene rings is 1. The first kappa shape index (κ1) is 16.5. The van der Waals surface area contributed by atoms with E-state index in [9.17, 15) is 9.59 Å². The lowest BCUT2D eigenvalue weighted by Crippen LogP contribution is -2.31. The van der Waals surface area contributed by atoms with Gasteiger partial charge in [-0.2, -0.15) is 0 Å². The summed E-state index contributed by atoms with van der Waals surface area (Å²) in [4.78, 5) is 24.2. The van der Waals surface area contributed by atoms with Gasteiger partial charge in [0.05, 0.1) is 13.2 Å². The Hall–Kier alpha value is -2.38. The minimum absolute atomic E-state index is 0.199. The Morgan fingerprint density at radius 3 is 2.88 bits per heavy atom. The van der Waals surface area contributed by atoms with E-state index in [2.05, 4.69) is 5.32 Å². The first-order valence-electron chi connectivity index (χ1n) is 7.55. The number of ether oxygens (including phenoxy) is 2. The summed E-state index contributed by atoms with van der Waals surface area (Å²) in [5.74, 6) is -0.941. The molecule has 1 atom stereocenters. The van der Waals surface area contributed by atoms with E-state index in [1.807, 2.05) is 30.3 Å². The van der Waals surface area contributed by atoms with Crippen LogP contribution in [0.3, 0.4) is 0 Å². The third-order valence-corrected chi connectivity index (χ3v) is 4.89. The largest absolute Gasteiger partial charge is 0.477 e. The number of nitrogens with one attached hydrogen (secondary N) is 1. The third kappa shape index (κ3) is 3.93. The van der Waals surface area contributed by atoms with Gasteiger partial charge in [0, 0.05) is 11.3 Å². The first-order valence-corrected chi connectivity index (χ1v) is 8.37. The lowest BCUT2D eigenvalue weighted by Gasteiger charge is -2.23. The SMILES string of the molecule is O=C(NCC1OCCc2sc(C(=O)O)cc21)OCc1ccccc1. The molecule has 1 aromatic heterocycles. The molecule has 3 rings (SSSR count). The predicted octanol–water partition coefficient (Wildman–Crippen LogP) is 2.99. The Balaban J connectivity index is 1.54. The van der Waals surface area contributed by atoms with Crippen molar-refractivity contribution in [2.24, 2.45) is 0 Å². The molecular formula is C17H17NO5S. The number of amides is 1. The molecule has 1 unspecified atom stereocenters. The maximum absolute atomic E-state index is 11.8. The zero-order valence-electron chi connectivity index (χ0n) is 12.9. The van der Waals surface area contributed by atoms with Crippen LogP contribution in [0.2, 0.25) is 0 Å². The van der Waals surface area contributed by atoms with Crippen molar-refractivity contribution in [1.29, 1.82) is 0 Å². The third-order valence-electron chi connectivity index (χ3n) is 3.69. The fourth-order valence-electron chi connectivity index (χ4n) is 2.52. The summed E-state index contributed by atoms with van der Waals surface area (Å²) >= 11 is 1.27. The molecule has 1 aliphatic heterocycles. The first-order chi connectivity index (χ1) is 11.6.